The highest BCUT2D eigenvalue weighted by atomic mass is 16.2. The first-order valence-electron chi connectivity index (χ1n) is 7.54. The molecule has 0 saturated heterocycles. The van der Waals surface area contributed by atoms with Gasteiger partial charge >= 0.3 is 6.03 Å². The van der Waals surface area contributed by atoms with Crippen LogP contribution >= 0.6 is 0 Å². The van der Waals surface area contributed by atoms with Crippen molar-refractivity contribution >= 4 is 17.4 Å². The average Bonchev–Trinajstić information content (AvgIpc) is 2.44. The molecule has 0 unspecified atom stereocenters. The first-order valence-corrected chi connectivity index (χ1v) is 7.54. The van der Waals surface area contributed by atoms with E-state index in [9.17, 15) is 4.79 Å². The highest BCUT2D eigenvalue weighted by molar-refractivity contribution is 5.89. The van der Waals surface area contributed by atoms with Gasteiger partial charge in [0, 0.05) is 17.9 Å². The minimum atomic E-state index is -0.140. The van der Waals surface area contributed by atoms with Crippen LogP contribution < -0.4 is 16.4 Å². The van der Waals surface area contributed by atoms with Crippen molar-refractivity contribution in [3.8, 4) is 0 Å². The number of anilines is 2. The molecule has 20 heavy (non-hydrogen) atoms. The zero-order valence-corrected chi connectivity index (χ0v) is 12.2. The first kappa shape index (κ1) is 14.7. The maximum absolute atomic E-state index is 11.7. The van der Waals surface area contributed by atoms with Crippen LogP contribution in [0.15, 0.2) is 24.3 Å². The molecule has 1 fully saturated rings. The van der Waals surface area contributed by atoms with Gasteiger partial charge in [-0.2, -0.15) is 0 Å². The second-order valence-electron chi connectivity index (χ2n) is 5.92. The Morgan fingerprint density at radius 3 is 2.50 bits per heavy atom. The zero-order chi connectivity index (χ0) is 14.4. The van der Waals surface area contributed by atoms with Crippen LogP contribution in [0, 0.1) is 11.8 Å². The van der Waals surface area contributed by atoms with E-state index in [-0.39, 0.29) is 6.03 Å². The lowest BCUT2D eigenvalue weighted by atomic mass is 9.81. The van der Waals surface area contributed by atoms with Crippen LogP contribution in [-0.2, 0) is 0 Å². The number of nitrogens with two attached hydrogens (primary N) is 1. The average molecular weight is 275 g/mol. The second kappa shape index (κ2) is 7.17. The monoisotopic (exact) mass is 275 g/mol. The minimum absolute atomic E-state index is 0.140. The molecule has 2 amide bonds. The fourth-order valence-corrected chi connectivity index (χ4v) is 2.75. The molecule has 1 saturated carbocycles. The molecule has 110 valence electrons. The highest BCUT2D eigenvalue weighted by Crippen LogP contribution is 2.29. The van der Waals surface area contributed by atoms with Gasteiger partial charge in [0.2, 0.25) is 0 Å². The Morgan fingerprint density at radius 2 is 1.85 bits per heavy atom. The molecule has 0 bridgehead atoms. The lowest BCUT2D eigenvalue weighted by molar-refractivity contribution is 0.247. The molecular weight excluding hydrogens is 250 g/mol. The van der Waals surface area contributed by atoms with E-state index in [1.165, 1.54) is 25.7 Å². The molecule has 1 aliphatic rings. The second-order valence-corrected chi connectivity index (χ2v) is 5.92. The van der Waals surface area contributed by atoms with E-state index in [0.717, 1.165) is 30.5 Å². The summed E-state index contributed by atoms with van der Waals surface area (Å²) in [7, 11) is 0. The van der Waals surface area contributed by atoms with Crippen LogP contribution in [0.4, 0.5) is 16.2 Å². The van der Waals surface area contributed by atoms with Gasteiger partial charge in [-0.1, -0.05) is 32.6 Å². The van der Waals surface area contributed by atoms with Crippen LogP contribution in [0.1, 0.15) is 39.0 Å². The zero-order valence-electron chi connectivity index (χ0n) is 12.2. The van der Waals surface area contributed by atoms with Gasteiger partial charge in [-0.05, 0) is 42.5 Å². The molecule has 1 aromatic rings. The molecule has 2 rings (SSSR count). The van der Waals surface area contributed by atoms with Crippen LogP contribution in [0.2, 0.25) is 0 Å². The summed E-state index contributed by atoms with van der Waals surface area (Å²) >= 11 is 0. The lowest BCUT2D eigenvalue weighted by Gasteiger charge is -2.26. The van der Waals surface area contributed by atoms with Crippen molar-refractivity contribution in [1.29, 1.82) is 0 Å². The Bertz CT molecular complexity index is 422. The summed E-state index contributed by atoms with van der Waals surface area (Å²) in [5.74, 6) is 1.66. The molecule has 0 aromatic heterocycles. The van der Waals surface area contributed by atoms with Gasteiger partial charge < -0.3 is 16.4 Å². The molecule has 0 spiro atoms. The largest absolute Gasteiger partial charge is 0.399 e. The number of amides is 2. The molecule has 4 heteroatoms. The smallest absolute Gasteiger partial charge is 0.319 e. The molecule has 0 heterocycles. The van der Waals surface area contributed by atoms with Crippen LogP contribution in [0.5, 0.6) is 0 Å². The van der Waals surface area contributed by atoms with E-state index in [0.29, 0.717) is 5.69 Å². The summed E-state index contributed by atoms with van der Waals surface area (Å²) in [6.07, 6.45) is 6.37. The number of benzene rings is 1. The van der Waals surface area contributed by atoms with Crippen molar-refractivity contribution in [2.75, 3.05) is 17.6 Å². The van der Waals surface area contributed by atoms with Gasteiger partial charge in [0.1, 0.15) is 0 Å². The Morgan fingerprint density at radius 1 is 1.20 bits per heavy atom. The molecule has 4 nitrogen and oxygen atoms in total. The number of nitrogen functional groups attached to an aromatic ring is 1. The molecule has 1 aliphatic carbocycles. The Kier molecular flexibility index (Phi) is 5.27. The maximum atomic E-state index is 11.7. The third kappa shape index (κ3) is 4.76. The maximum Gasteiger partial charge on any atom is 0.319 e. The van der Waals surface area contributed by atoms with Gasteiger partial charge in [0.25, 0.3) is 0 Å². The summed E-state index contributed by atoms with van der Waals surface area (Å²) in [6, 6.07) is 7.02. The van der Waals surface area contributed by atoms with Gasteiger partial charge in [0.05, 0.1) is 0 Å². The summed E-state index contributed by atoms with van der Waals surface area (Å²) < 4.78 is 0. The summed E-state index contributed by atoms with van der Waals surface area (Å²) in [6.45, 7) is 3.08. The third-order valence-electron chi connectivity index (χ3n) is 4.14. The SMILES string of the molecule is CC1CCC(CCNC(=O)Nc2ccc(N)cc2)CC1. The molecular formula is C16H25N3O. The topological polar surface area (TPSA) is 67.2 Å². The predicted molar refractivity (Wildman–Crippen MR) is 83.6 cm³/mol. The Labute approximate surface area is 121 Å². The van der Waals surface area contributed by atoms with Crippen molar-refractivity contribution < 1.29 is 4.79 Å². The standard InChI is InChI=1S/C16H25N3O/c1-12-2-4-13(5-3-12)10-11-18-16(20)19-15-8-6-14(17)7-9-15/h6-9,12-13H,2-5,10-11,17H2,1H3,(H2,18,19,20). The quantitative estimate of drug-likeness (QED) is 0.735. The number of urea groups is 1. The normalized spacial score (nSPS) is 22.2. The molecule has 0 aliphatic heterocycles. The lowest BCUT2D eigenvalue weighted by Crippen LogP contribution is -2.31. The number of rotatable bonds is 4. The fourth-order valence-electron chi connectivity index (χ4n) is 2.75. The molecule has 4 N–H and O–H groups in total. The van der Waals surface area contributed by atoms with Gasteiger partial charge in [0.15, 0.2) is 0 Å². The summed E-state index contributed by atoms with van der Waals surface area (Å²) in [5, 5.41) is 5.73. The first-order chi connectivity index (χ1) is 9.63. The number of nitrogens with one attached hydrogen (secondary N) is 2. The fraction of sp³-hybridized carbons (Fsp3) is 0.562. The van der Waals surface area contributed by atoms with Crippen LogP contribution in [0.25, 0.3) is 0 Å². The Balaban J connectivity index is 1.64. The third-order valence-corrected chi connectivity index (χ3v) is 4.14. The number of carbonyl (C=O) groups excluding carboxylic acids is 1. The molecule has 1 aromatic carbocycles. The van der Waals surface area contributed by atoms with E-state index in [4.69, 9.17) is 5.73 Å². The number of hydrogen-bond acceptors (Lipinski definition) is 2. The van der Waals surface area contributed by atoms with Crippen molar-refractivity contribution in [2.24, 2.45) is 11.8 Å². The van der Waals surface area contributed by atoms with E-state index in [1.54, 1.807) is 24.3 Å². The van der Waals surface area contributed by atoms with Crippen LogP contribution in [0.3, 0.4) is 0 Å². The molecule has 0 radical (unpaired) electrons. The van der Waals surface area contributed by atoms with Gasteiger partial charge in [-0.15, -0.1) is 0 Å². The number of carbonyl (C=O) groups is 1. The van der Waals surface area contributed by atoms with E-state index in [2.05, 4.69) is 17.6 Å². The van der Waals surface area contributed by atoms with Crippen LogP contribution in [-0.4, -0.2) is 12.6 Å². The Hall–Kier alpha value is -1.71. The van der Waals surface area contributed by atoms with Gasteiger partial charge in [-0.25, -0.2) is 4.79 Å². The number of hydrogen-bond donors (Lipinski definition) is 3. The van der Waals surface area contributed by atoms with Gasteiger partial charge in [-0.3, -0.25) is 0 Å². The van der Waals surface area contributed by atoms with Crippen molar-refractivity contribution in [1.82, 2.24) is 5.32 Å². The summed E-state index contributed by atoms with van der Waals surface area (Å²) in [5.41, 5.74) is 7.07. The minimum Gasteiger partial charge on any atom is -0.399 e. The van der Waals surface area contributed by atoms with Crippen molar-refractivity contribution in [3.05, 3.63) is 24.3 Å². The summed E-state index contributed by atoms with van der Waals surface area (Å²) in [4.78, 5) is 11.7. The predicted octanol–water partition coefficient (Wildman–Crippen LogP) is 3.61. The van der Waals surface area contributed by atoms with Crippen molar-refractivity contribution in [2.45, 2.75) is 39.0 Å². The van der Waals surface area contributed by atoms with Crippen molar-refractivity contribution in [3.63, 3.8) is 0 Å². The van der Waals surface area contributed by atoms with E-state index < -0.39 is 0 Å². The van der Waals surface area contributed by atoms with E-state index in [1.807, 2.05) is 0 Å². The highest BCUT2D eigenvalue weighted by Gasteiger charge is 2.17. The molecule has 0 atom stereocenters. The van der Waals surface area contributed by atoms with E-state index >= 15 is 0 Å².